The van der Waals surface area contributed by atoms with E-state index >= 15 is 0 Å². The molecule has 2 aromatic heterocycles. The second-order valence-electron chi connectivity index (χ2n) is 8.05. The quantitative estimate of drug-likeness (QED) is 0.673. The molecule has 4 heterocycles. The molecule has 29 heavy (non-hydrogen) atoms. The Hall–Kier alpha value is -2.87. The van der Waals surface area contributed by atoms with Crippen LogP contribution >= 0.6 is 0 Å². The summed E-state index contributed by atoms with van der Waals surface area (Å²) in [6, 6.07) is 10.1. The number of carbonyl (C=O) groups excluding carboxylic acids is 1. The lowest BCUT2D eigenvalue weighted by molar-refractivity contribution is -0.133. The number of para-hydroxylation sites is 1. The predicted molar refractivity (Wildman–Crippen MR) is 107 cm³/mol. The van der Waals surface area contributed by atoms with E-state index < -0.39 is 5.60 Å². The average Bonchev–Trinajstić information content (AvgIpc) is 3.41. The van der Waals surface area contributed by atoms with Crippen LogP contribution in [0.2, 0.25) is 0 Å². The van der Waals surface area contributed by atoms with Crippen molar-refractivity contribution in [3.05, 3.63) is 52.8 Å². The highest BCUT2D eigenvalue weighted by Gasteiger charge is 2.44. The number of rotatable bonds is 4. The maximum absolute atomic E-state index is 12.9. The Kier molecular flexibility index (Phi) is 4.31. The molecule has 2 aliphatic rings. The highest BCUT2D eigenvalue weighted by molar-refractivity contribution is 5.83. The van der Waals surface area contributed by atoms with Crippen molar-refractivity contribution in [2.75, 3.05) is 13.1 Å². The number of ether oxygens (including phenoxy) is 1. The lowest BCUT2D eigenvalue weighted by Crippen LogP contribution is -2.47. The average molecular weight is 395 g/mol. The molecule has 0 N–H and O–H groups in total. The molecule has 1 unspecified atom stereocenters. The molecule has 1 amide bonds. The van der Waals surface area contributed by atoms with E-state index in [9.17, 15) is 9.59 Å². The highest BCUT2D eigenvalue weighted by Crippen LogP contribution is 2.31. The summed E-state index contributed by atoms with van der Waals surface area (Å²) in [5.74, 6) is 0.754. The van der Waals surface area contributed by atoms with Crippen molar-refractivity contribution >= 4 is 16.8 Å². The van der Waals surface area contributed by atoms with Gasteiger partial charge in [-0.25, -0.2) is 9.48 Å². The van der Waals surface area contributed by atoms with Crippen molar-refractivity contribution in [2.45, 2.75) is 51.6 Å². The first-order valence-corrected chi connectivity index (χ1v) is 10.2. The molecule has 8 heteroatoms. The molecule has 0 saturated carbocycles. The van der Waals surface area contributed by atoms with Gasteiger partial charge >= 0.3 is 5.69 Å². The molecule has 0 radical (unpaired) electrons. The van der Waals surface area contributed by atoms with Gasteiger partial charge in [0.25, 0.3) is 0 Å². The Balaban J connectivity index is 1.31. The molecule has 1 atom stereocenters. The van der Waals surface area contributed by atoms with E-state index in [2.05, 4.69) is 5.10 Å². The number of fused-ring (bicyclic) bond motifs is 2. The molecule has 152 valence electrons. The number of likely N-dealkylation sites (tertiary alicyclic amines) is 1. The summed E-state index contributed by atoms with van der Waals surface area (Å²) in [6.45, 7) is 4.88. The van der Waals surface area contributed by atoms with Gasteiger partial charge in [0.2, 0.25) is 5.91 Å². The van der Waals surface area contributed by atoms with Gasteiger partial charge in [0.15, 0.2) is 5.82 Å². The lowest BCUT2D eigenvalue weighted by Gasteiger charge is -2.33. The Bertz CT molecular complexity index is 1130. The van der Waals surface area contributed by atoms with E-state index in [4.69, 9.17) is 4.74 Å². The number of hydrogen-bond donors (Lipinski definition) is 0. The zero-order valence-corrected chi connectivity index (χ0v) is 16.6. The minimum Gasteiger partial charge on any atom is -0.363 e. The summed E-state index contributed by atoms with van der Waals surface area (Å²) in [6.07, 6.45) is 3.55. The van der Waals surface area contributed by atoms with Crippen LogP contribution in [0.4, 0.5) is 0 Å². The van der Waals surface area contributed by atoms with Crippen molar-refractivity contribution in [1.82, 2.24) is 23.8 Å². The van der Waals surface area contributed by atoms with Gasteiger partial charge in [0.05, 0.1) is 13.1 Å². The molecule has 1 fully saturated rings. The Morgan fingerprint density at radius 1 is 1.24 bits per heavy atom. The second-order valence-corrected chi connectivity index (χ2v) is 8.05. The molecule has 2 aliphatic heterocycles. The summed E-state index contributed by atoms with van der Waals surface area (Å²) in [5.41, 5.74) is 0.488. The first kappa shape index (κ1) is 18.2. The van der Waals surface area contributed by atoms with Crippen LogP contribution < -0.4 is 5.69 Å². The van der Waals surface area contributed by atoms with Crippen LogP contribution in [0.25, 0.3) is 10.9 Å². The molecule has 0 bridgehead atoms. The van der Waals surface area contributed by atoms with Gasteiger partial charge in [-0.1, -0.05) is 25.1 Å². The van der Waals surface area contributed by atoms with Crippen LogP contribution in [0.1, 0.15) is 25.6 Å². The van der Waals surface area contributed by atoms with Gasteiger partial charge in [-0.15, -0.1) is 0 Å². The largest absolute Gasteiger partial charge is 0.363 e. The van der Waals surface area contributed by atoms with Crippen molar-refractivity contribution in [3.63, 3.8) is 0 Å². The van der Waals surface area contributed by atoms with Gasteiger partial charge in [0.1, 0.15) is 18.8 Å². The molecule has 0 aliphatic carbocycles. The molecule has 5 rings (SSSR count). The van der Waals surface area contributed by atoms with E-state index in [1.54, 1.807) is 4.57 Å². The fourth-order valence-corrected chi connectivity index (χ4v) is 4.49. The topological polar surface area (TPSA) is 74.3 Å². The number of amides is 1. The third-order valence-corrected chi connectivity index (χ3v) is 6.04. The molecule has 1 aromatic carbocycles. The molecule has 1 saturated heterocycles. The third kappa shape index (κ3) is 3.07. The van der Waals surface area contributed by atoms with Crippen molar-refractivity contribution < 1.29 is 9.53 Å². The van der Waals surface area contributed by atoms with Crippen LogP contribution in [-0.2, 0) is 35.8 Å². The van der Waals surface area contributed by atoms with E-state index in [-0.39, 0.29) is 11.6 Å². The zero-order chi connectivity index (χ0) is 20.0. The Labute approximate surface area is 168 Å². The number of aromatic nitrogens is 4. The van der Waals surface area contributed by atoms with Gasteiger partial charge in [0, 0.05) is 24.8 Å². The first-order valence-electron chi connectivity index (χ1n) is 10.2. The maximum atomic E-state index is 12.9. The number of hydrogen-bond acceptors (Lipinski definition) is 4. The van der Waals surface area contributed by atoms with E-state index in [1.807, 2.05) is 52.9 Å². The fraction of sp³-hybridized carbons (Fsp3) is 0.476. The lowest BCUT2D eigenvalue weighted by atomic mass is 10.0. The number of aryl methyl sites for hydroxylation is 1. The number of benzene rings is 1. The molecule has 3 aromatic rings. The van der Waals surface area contributed by atoms with Gasteiger partial charge in [-0.05, 0) is 30.4 Å². The second kappa shape index (κ2) is 6.88. The third-order valence-electron chi connectivity index (χ3n) is 6.04. The van der Waals surface area contributed by atoms with Gasteiger partial charge in [-0.3, -0.25) is 9.36 Å². The highest BCUT2D eigenvalue weighted by atomic mass is 16.5. The summed E-state index contributed by atoms with van der Waals surface area (Å²) in [7, 11) is 0. The van der Waals surface area contributed by atoms with Crippen LogP contribution in [-0.4, -0.2) is 48.4 Å². The Morgan fingerprint density at radius 2 is 2.10 bits per heavy atom. The van der Waals surface area contributed by atoms with Crippen molar-refractivity contribution in [3.8, 4) is 0 Å². The monoisotopic (exact) mass is 395 g/mol. The van der Waals surface area contributed by atoms with Crippen molar-refractivity contribution in [2.24, 2.45) is 0 Å². The Morgan fingerprint density at radius 3 is 2.97 bits per heavy atom. The zero-order valence-electron chi connectivity index (χ0n) is 16.6. The van der Waals surface area contributed by atoms with Gasteiger partial charge < -0.3 is 14.2 Å². The summed E-state index contributed by atoms with van der Waals surface area (Å²) in [5, 5.41) is 5.52. The van der Waals surface area contributed by atoms with E-state index in [0.29, 0.717) is 45.2 Å². The molecular weight excluding hydrogens is 370 g/mol. The SMILES string of the molecule is CCCn1nc2n(c1=O)CC1(CCN(C(=O)Cn3ccc4ccccc43)C1)OC2. The van der Waals surface area contributed by atoms with Crippen LogP contribution in [0.15, 0.2) is 41.3 Å². The summed E-state index contributed by atoms with van der Waals surface area (Å²) in [4.78, 5) is 27.4. The standard InChI is InChI=1S/C21H25N5O3/c1-2-9-26-20(28)25-15-21(29-13-18(25)22-26)8-11-24(14-21)19(27)12-23-10-7-16-5-3-4-6-17(16)23/h3-7,10H,2,8-9,11-15H2,1H3. The molecular formula is C21H25N5O3. The van der Waals surface area contributed by atoms with Crippen molar-refractivity contribution in [1.29, 1.82) is 0 Å². The van der Waals surface area contributed by atoms with Crippen LogP contribution in [0, 0.1) is 0 Å². The minimum atomic E-state index is -0.495. The fourth-order valence-electron chi connectivity index (χ4n) is 4.49. The maximum Gasteiger partial charge on any atom is 0.346 e. The van der Waals surface area contributed by atoms with Gasteiger partial charge in [-0.2, -0.15) is 5.10 Å². The smallest absolute Gasteiger partial charge is 0.346 e. The number of carbonyl (C=O) groups is 1. The predicted octanol–water partition coefficient (Wildman–Crippen LogP) is 1.61. The molecule has 1 spiro atoms. The van der Waals surface area contributed by atoms with E-state index in [0.717, 1.165) is 23.7 Å². The summed E-state index contributed by atoms with van der Waals surface area (Å²) < 4.78 is 11.4. The van der Waals surface area contributed by atoms with Crippen LogP contribution in [0.3, 0.4) is 0 Å². The van der Waals surface area contributed by atoms with E-state index in [1.165, 1.54) is 4.68 Å². The summed E-state index contributed by atoms with van der Waals surface area (Å²) >= 11 is 0. The first-order chi connectivity index (χ1) is 14.1. The minimum absolute atomic E-state index is 0.0756. The number of nitrogens with zero attached hydrogens (tertiary/aromatic N) is 5. The molecule has 8 nitrogen and oxygen atoms in total. The van der Waals surface area contributed by atoms with Crippen LogP contribution in [0.5, 0.6) is 0 Å². The normalized spacial score (nSPS) is 21.2.